The zero-order valence-corrected chi connectivity index (χ0v) is 41.9. The molecule has 0 amide bonds. The summed E-state index contributed by atoms with van der Waals surface area (Å²) in [6.07, 6.45) is 23.9. The Morgan fingerprint density at radius 3 is 1.52 bits per heavy atom. The molecule has 0 saturated heterocycles. The summed E-state index contributed by atoms with van der Waals surface area (Å²) in [5.74, 6) is 2.79. The van der Waals surface area contributed by atoms with Crippen molar-refractivity contribution >= 4 is 58.7 Å². The smallest absolute Gasteiger partial charge is 0.237 e. The molecule has 1 N–H and O–H groups in total. The van der Waals surface area contributed by atoms with Crippen LogP contribution in [0, 0.1) is 29.2 Å². The van der Waals surface area contributed by atoms with Crippen molar-refractivity contribution in [3.63, 3.8) is 0 Å². The third kappa shape index (κ3) is 15.0. The number of nitriles is 2. The predicted molar refractivity (Wildman–Crippen MR) is 274 cm³/mol. The molecule has 4 rings (SSSR count). The number of allylic oxidation sites excluding steroid dienone is 1. The predicted octanol–water partition coefficient (Wildman–Crippen LogP) is 14.5. The van der Waals surface area contributed by atoms with Crippen molar-refractivity contribution < 1.29 is 28.8 Å². The van der Waals surface area contributed by atoms with Gasteiger partial charge in [0.1, 0.15) is 17.7 Å². The van der Waals surface area contributed by atoms with Crippen LogP contribution in [0.5, 0.6) is 23.0 Å². The van der Waals surface area contributed by atoms with Crippen molar-refractivity contribution in [1.29, 1.82) is 10.5 Å². The number of aliphatic hydroxyl groups excluding tert-OH is 1. The maximum Gasteiger partial charge on any atom is 0.237 e. The third-order valence-electron chi connectivity index (χ3n) is 11.0. The summed E-state index contributed by atoms with van der Waals surface area (Å²) >= 11 is 3.16. The van der Waals surface area contributed by atoms with Gasteiger partial charge in [-0.25, -0.2) is 4.85 Å². The van der Waals surface area contributed by atoms with E-state index in [4.69, 9.17) is 35.4 Å². The minimum Gasteiger partial charge on any atom is -0.493 e. The van der Waals surface area contributed by atoms with Gasteiger partial charge in [-0.15, -0.1) is 22.7 Å². The van der Waals surface area contributed by atoms with Crippen molar-refractivity contribution in [3.05, 3.63) is 89.4 Å². The Morgan fingerprint density at radius 1 is 0.667 bits per heavy atom. The highest BCUT2D eigenvalue weighted by Crippen LogP contribution is 2.49. The first kappa shape index (κ1) is 53.2. The second-order valence-corrected chi connectivity index (χ2v) is 18.7. The van der Waals surface area contributed by atoms with Crippen molar-refractivity contribution in [3.8, 4) is 35.1 Å². The van der Waals surface area contributed by atoms with Gasteiger partial charge in [-0.3, -0.25) is 0 Å². The van der Waals surface area contributed by atoms with Crippen molar-refractivity contribution in [2.75, 3.05) is 51.0 Å². The summed E-state index contributed by atoms with van der Waals surface area (Å²) in [5, 5.41) is 28.4. The fourth-order valence-corrected chi connectivity index (χ4v) is 9.09. The number of nitrogens with zero attached hydrogens (tertiary/aromatic N) is 4. The van der Waals surface area contributed by atoms with Gasteiger partial charge in [-0.2, -0.15) is 10.5 Å². The van der Waals surface area contributed by atoms with Crippen LogP contribution < -0.4 is 23.8 Å². The van der Waals surface area contributed by atoms with E-state index in [0.717, 1.165) is 127 Å². The molecule has 10 nitrogen and oxygen atoms in total. The fourth-order valence-electron chi connectivity index (χ4n) is 7.10. The number of benzene rings is 1. The first-order valence-electron chi connectivity index (χ1n) is 23.9. The van der Waals surface area contributed by atoms with Crippen LogP contribution in [-0.2, 0) is 4.74 Å². The van der Waals surface area contributed by atoms with E-state index in [2.05, 4.69) is 92.9 Å². The van der Waals surface area contributed by atoms with Gasteiger partial charge in [-0.1, -0.05) is 90.5 Å². The van der Waals surface area contributed by atoms with Gasteiger partial charge in [-0.05, 0) is 101 Å². The normalized spacial score (nSPS) is 13.3. The van der Waals surface area contributed by atoms with Crippen LogP contribution in [0.2, 0.25) is 0 Å². The highest BCUT2D eigenvalue weighted by Gasteiger charge is 2.39. The molecular formula is C54H70N4O6S2. The maximum atomic E-state index is 9.62. The largest absolute Gasteiger partial charge is 0.493 e. The summed E-state index contributed by atoms with van der Waals surface area (Å²) in [7, 11) is 0. The van der Waals surface area contributed by atoms with E-state index in [0.29, 0.717) is 43.5 Å². The fraction of sp³-hybridized carbons (Fsp3) is 0.500. The van der Waals surface area contributed by atoms with E-state index < -0.39 is 5.60 Å². The van der Waals surface area contributed by atoms with Crippen molar-refractivity contribution in [2.24, 2.45) is 0 Å². The van der Waals surface area contributed by atoms with Crippen LogP contribution in [0.1, 0.15) is 151 Å². The molecule has 2 aromatic heterocycles. The lowest BCUT2D eigenvalue weighted by molar-refractivity contribution is 0.0954. The lowest BCUT2D eigenvalue weighted by Gasteiger charge is -2.23. The molecule has 3 aromatic rings. The molecule has 0 aliphatic carbocycles. The second-order valence-electron chi connectivity index (χ2n) is 16.5. The number of aliphatic hydroxyl groups is 1. The molecule has 0 spiro atoms. The Bertz CT molecular complexity index is 2260. The number of hydrogen-bond donors (Lipinski definition) is 1. The number of rotatable bonds is 30. The molecule has 1 aromatic carbocycles. The Morgan fingerprint density at radius 2 is 1.11 bits per heavy atom. The zero-order valence-electron chi connectivity index (χ0n) is 40.3. The molecule has 0 fully saturated rings. The van der Waals surface area contributed by atoms with Crippen LogP contribution in [0.25, 0.3) is 35.2 Å². The zero-order chi connectivity index (χ0) is 47.7. The summed E-state index contributed by atoms with van der Waals surface area (Å²) in [5.41, 5.74) is 1.83. The lowest BCUT2D eigenvalue weighted by atomic mass is 9.97. The van der Waals surface area contributed by atoms with Gasteiger partial charge in [0, 0.05) is 31.0 Å². The molecular weight excluding hydrogens is 865 g/mol. The summed E-state index contributed by atoms with van der Waals surface area (Å²) in [6, 6.07) is 12.5. The van der Waals surface area contributed by atoms with Crippen LogP contribution in [0.15, 0.2) is 52.9 Å². The average molecular weight is 935 g/mol. The molecule has 0 radical (unpaired) electrons. The van der Waals surface area contributed by atoms with Crippen molar-refractivity contribution in [1.82, 2.24) is 0 Å². The van der Waals surface area contributed by atoms with E-state index >= 15 is 0 Å². The molecule has 66 heavy (non-hydrogen) atoms. The lowest BCUT2D eigenvalue weighted by Crippen LogP contribution is -2.23. The van der Waals surface area contributed by atoms with Crippen LogP contribution >= 0.6 is 22.7 Å². The van der Waals surface area contributed by atoms with E-state index in [1.807, 2.05) is 38.1 Å². The number of thiophene rings is 2. The molecule has 354 valence electrons. The summed E-state index contributed by atoms with van der Waals surface area (Å²) < 4.78 is 32.3. The summed E-state index contributed by atoms with van der Waals surface area (Å²) in [4.78, 5) is 9.72. The van der Waals surface area contributed by atoms with Gasteiger partial charge >= 0.3 is 0 Å². The Balaban J connectivity index is 1.81. The molecule has 12 heteroatoms. The van der Waals surface area contributed by atoms with Crippen molar-refractivity contribution in [2.45, 2.75) is 131 Å². The quantitative estimate of drug-likeness (QED) is 0.0395. The molecule has 0 bridgehead atoms. The monoisotopic (exact) mass is 934 g/mol. The Hall–Kier alpha value is -5.45. The topological polar surface area (TPSA) is 122 Å². The number of unbranched alkanes of at least 4 members (excludes halogenated alkanes) is 7. The summed E-state index contributed by atoms with van der Waals surface area (Å²) in [6.45, 7) is 26.8. The van der Waals surface area contributed by atoms with E-state index in [1.54, 1.807) is 11.3 Å². The SMILES string of the molecule is [C-]#[N+]C1=C(C=Cc2sc(C=Cc3sc(C=Cc4ccc(N(CC)CCCCCCO)cc4)c(OCCCC)c3OCCCC)c(OCCCC)c2OCCCC)C(C)(C)OC1=C(C#N)C#N. The highest BCUT2D eigenvalue weighted by atomic mass is 32.1. The minimum absolute atomic E-state index is 0.00622. The molecule has 0 atom stereocenters. The maximum absolute atomic E-state index is 9.62. The second kappa shape index (κ2) is 28.6. The molecule has 0 unspecified atom stereocenters. The number of anilines is 1. The third-order valence-corrected chi connectivity index (χ3v) is 13.1. The van der Waals surface area contributed by atoms with Crippen LogP contribution in [0.4, 0.5) is 5.69 Å². The first-order chi connectivity index (χ1) is 32.1. The molecule has 1 aliphatic heterocycles. The average Bonchev–Trinajstić information content (AvgIpc) is 3.92. The highest BCUT2D eigenvalue weighted by molar-refractivity contribution is 7.15. The molecule has 0 saturated carbocycles. The number of hydrogen-bond acceptors (Lipinski definition) is 11. The molecule has 3 heterocycles. The van der Waals surface area contributed by atoms with E-state index in [1.165, 1.54) is 17.0 Å². The van der Waals surface area contributed by atoms with Gasteiger partial charge in [0.25, 0.3) is 0 Å². The van der Waals surface area contributed by atoms with Gasteiger partial charge in [0.2, 0.25) is 5.70 Å². The van der Waals surface area contributed by atoms with Gasteiger partial charge in [0.15, 0.2) is 34.3 Å². The van der Waals surface area contributed by atoms with E-state index in [9.17, 15) is 10.5 Å². The number of ether oxygens (including phenoxy) is 5. The first-order valence-corrected chi connectivity index (χ1v) is 25.5. The van der Waals surface area contributed by atoms with Gasteiger partial charge in [0.05, 0.1) is 52.5 Å². The van der Waals surface area contributed by atoms with Gasteiger partial charge < -0.3 is 33.7 Å². The Labute approximate surface area is 402 Å². The minimum atomic E-state index is -0.953. The van der Waals surface area contributed by atoms with Crippen LogP contribution in [0.3, 0.4) is 0 Å². The van der Waals surface area contributed by atoms with Crippen LogP contribution in [-0.4, -0.2) is 56.8 Å². The Kier molecular flexibility index (Phi) is 23.0. The molecule has 1 aliphatic rings. The van der Waals surface area contributed by atoms with E-state index in [-0.39, 0.29) is 23.6 Å². The standard InChI is InChI=1S/C54H70N4O6S2/c1-9-14-34-60-50-44(28-24-40-22-25-42(26-23-40)58(13-5)32-20-18-19-21-33-59)65-46(52(50)62-36-16-11-3)30-31-47-53(63-37-17-12-4)51(61-35-15-10-2)45(66-47)29-27-43-48(57-8)49(41(38-55)39-56)64-54(43,6)7/h22-31,59H,9-21,32-37H2,1-7H3.